The summed E-state index contributed by atoms with van der Waals surface area (Å²) in [7, 11) is 0. The third-order valence-corrected chi connectivity index (χ3v) is 4.76. The Kier molecular flexibility index (Phi) is 4.09. The lowest BCUT2D eigenvalue weighted by molar-refractivity contribution is -0.154. The van der Waals surface area contributed by atoms with Crippen molar-refractivity contribution in [1.82, 2.24) is 14.9 Å². The Morgan fingerprint density at radius 1 is 1.38 bits per heavy atom. The number of benzene rings is 1. The van der Waals surface area contributed by atoms with Crippen LogP contribution in [0.25, 0.3) is 10.9 Å². The highest BCUT2D eigenvalue weighted by Crippen LogP contribution is 2.40. The summed E-state index contributed by atoms with van der Waals surface area (Å²) in [4.78, 5) is 40.1. The Labute approximate surface area is 138 Å². The molecule has 3 rings (SSSR count). The molecule has 0 bridgehead atoms. The summed E-state index contributed by atoms with van der Waals surface area (Å²) in [6.45, 7) is 1.79. The summed E-state index contributed by atoms with van der Waals surface area (Å²) in [5, 5.41) is 12.4. The number of amides is 1. The van der Waals surface area contributed by atoms with Crippen molar-refractivity contribution in [3.63, 3.8) is 0 Å². The van der Waals surface area contributed by atoms with Gasteiger partial charge in [-0.3, -0.25) is 19.0 Å². The number of hydrogen-bond donors (Lipinski definition) is 2. The first-order valence-electron chi connectivity index (χ1n) is 7.88. The standard InChI is InChI=1S/C17H19N3O4/c1-11-4-2-5-12-14(11)19-10-20(15(12)22)8-13(21)18-9-17(16(23)24)6-3-7-17/h2,4-5,10H,3,6-9H2,1H3,(H,18,21)(H,23,24). The van der Waals surface area contributed by atoms with Crippen LogP contribution in [-0.2, 0) is 16.1 Å². The van der Waals surface area contributed by atoms with Gasteiger partial charge in [0.05, 0.1) is 22.6 Å². The van der Waals surface area contributed by atoms with Crippen LogP contribution in [-0.4, -0.2) is 33.1 Å². The fraction of sp³-hybridized carbons (Fsp3) is 0.412. The monoisotopic (exact) mass is 329 g/mol. The number of nitrogens with zero attached hydrogens (tertiary/aromatic N) is 2. The van der Waals surface area contributed by atoms with Crippen LogP contribution >= 0.6 is 0 Å². The Morgan fingerprint density at radius 2 is 2.12 bits per heavy atom. The molecule has 0 spiro atoms. The first-order valence-corrected chi connectivity index (χ1v) is 7.88. The van der Waals surface area contributed by atoms with Crippen molar-refractivity contribution >= 4 is 22.8 Å². The molecule has 1 aromatic carbocycles. The average molecular weight is 329 g/mol. The summed E-state index contributed by atoms with van der Waals surface area (Å²) < 4.78 is 1.24. The van der Waals surface area contributed by atoms with Gasteiger partial charge < -0.3 is 10.4 Å². The SMILES string of the molecule is Cc1cccc2c(=O)n(CC(=O)NCC3(C(=O)O)CCC3)cnc12. The summed E-state index contributed by atoms with van der Waals surface area (Å²) in [6, 6.07) is 5.33. The smallest absolute Gasteiger partial charge is 0.311 e. The second-order valence-corrected chi connectivity index (χ2v) is 6.36. The largest absolute Gasteiger partial charge is 0.481 e. The molecule has 1 aliphatic rings. The van der Waals surface area contributed by atoms with Crippen LogP contribution in [0.15, 0.2) is 29.3 Å². The molecule has 0 unspecified atom stereocenters. The van der Waals surface area contributed by atoms with Crippen molar-refractivity contribution in [2.45, 2.75) is 32.7 Å². The van der Waals surface area contributed by atoms with E-state index in [1.807, 2.05) is 13.0 Å². The summed E-state index contributed by atoms with van der Waals surface area (Å²) in [5.74, 6) is -1.27. The second kappa shape index (κ2) is 6.07. The molecule has 2 aromatic rings. The predicted octanol–water partition coefficient (Wildman–Crippen LogP) is 1.08. The van der Waals surface area contributed by atoms with Gasteiger partial charge in [-0.1, -0.05) is 18.6 Å². The maximum absolute atomic E-state index is 12.4. The number of carbonyl (C=O) groups is 2. The molecular formula is C17H19N3O4. The van der Waals surface area contributed by atoms with Crippen molar-refractivity contribution in [1.29, 1.82) is 0 Å². The van der Waals surface area contributed by atoms with Crippen LogP contribution in [0.2, 0.25) is 0 Å². The zero-order valence-electron chi connectivity index (χ0n) is 13.4. The number of aliphatic carboxylic acids is 1. The minimum absolute atomic E-state index is 0.0933. The number of para-hydroxylation sites is 1. The van der Waals surface area contributed by atoms with E-state index in [4.69, 9.17) is 0 Å². The number of rotatable bonds is 5. The molecule has 7 heteroatoms. The molecule has 1 amide bonds. The van der Waals surface area contributed by atoms with E-state index in [0.29, 0.717) is 23.7 Å². The topological polar surface area (TPSA) is 101 Å². The van der Waals surface area contributed by atoms with Crippen LogP contribution in [0.1, 0.15) is 24.8 Å². The lowest BCUT2D eigenvalue weighted by Crippen LogP contribution is -2.48. The van der Waals surface area contributed by atoms with Crippen molar-refractivity contribution in [3.05, 3.63) is 40.4 Å². The summed E-state index contributed by atoms with van der Waals surface area (Å²) in [5.41, 5.74) is 0.391. The molecule has 126 valence electrons. The van der Waals surface area contributed by atoms with E-state index in [1.165, 1.54) is 10.9 Å². The highest BCUT2D eigenvalue weighted by molar-refractivity contribution is 5.82. The van der Waals surface area contributed by atoms with Gasteiger partial charge in [0.25, 0.3) is 5.56 Å². The summed E-state index contributed by atoms with van der Waals surface area (Å²) in [6.07, 6.45) is 3.35. The zero-order valence-corrected chi connectivity index (χ0v) is 13.4. The van der Waals surface area contributed by atoms with E-state index in [9.17, 15) is 19.5 Å². The van der Waals surface area contributed by atoms with Gasteiger partial charge in [-0.15, -0.1) is 0 Å². The van der Waals surface area contributed by atoms with E-state index >= 15 is 0 Å². The number of aryl methyl sites for hydroxylation is 1. The van der Waals surface area contributed by atoms with Gasteiger partial charge in [0.2, 0.25) is 5.91 Å². The number of carbonyl (C=O) groups excluding carboxylic acids is 1. The van der Waals surface area contributed by atoms with Crippen LogP contribution in [0, 0.1) is 12.3 Å². The number of carboxylic acid groups (broad SMARTS) is 1. The third-order valence-electron chi connectivity index (χ3n) is 4.76. The van der Waals surface area contributed by atoms with Crippen molar-refractivity contribution in [2.75, 3.05) is 6.54 Å². The van der Waals surface area contributed by atoms with Gasteiger partial charge in [0.1, 0.15) is 6.54 Å². The first-order chi connectivity index (χ1) is 11.4. The third kappa shape index (κ3) is 2.77. The lowest BCUT2D eigenvalue weighted by Gasteiger charge is -2.37. The number of aromatic nitrogens is 2. The number of hydrogen-bond acceptors (Lipinski definition) is 4. The molecular weight excluding hydrogens is 310 g/mol. The molecule has 7 nitrogen and oxygen atoms in total. The molecule has 1 aromatic heterocycles. The van der Waals surface area contributed by atoms with Crippen LogP contribution in [0.3, 0.4) is 0 Å². The maximum atomic E-state index is 12.4. The van der Waals surface area contributed by atoms with E-state index < -0.39 is 17.3 Å². The minimum Gasteiger partial charge on any atom is -0.481 e. The number of nitrogens with one attached hydrogen (secondary N) is 1. The van der Waals surface area contributed by atoms with Gasteiger partial charge >= 0.3 is 5.97 Å². The fourth-order valence-corrected chi connectivity index (χ4v) is 3.00. The lowest BCUT2D eigenvalue weighted by atomic mass is 9.69. The number of carboxylic acids is 1. The van der Waals surface area contributed by atoms with Crippen molar-refractivity contribution in [2.24, 2.45) is 5.41 Å². The molecule has 0 aliphatic heterocycles. The fourth-order valence-electron chi connectivity index (χ4n) is 3.00. The number of fused-ring (bicyclic) bond motifs is 1. The van der Waals surface area contributed by atoms with Gasteiger partial charge in [-0.05, 0) is 31.4 Å². The Balaban J connectivity index is 1.73. The molecule has 24 heavy (non-hydrogen) atoms. The van der Waals surface area contributed by atoms with Crippen LogP contribution in [0.4, 0.5) is 0 Å². The molecule has 1 fully saturated rings. The molecule has 0 atom stereocenters. The molecule has 0 saturated heterocycles. The van der Waals surface area contributed by atoms with Crippen LogP contribution in [0.5, 0.6) is 0 Å². The zero-order chi connectivity index (χ0) is 17.3. The van der Waals surface area contributed by atoms with E-state index in [0.717, 1.165) is 12.0 Å². The molecule has 0 radical (unpaired) electrons. The Hall–Kier alpha value is -2.70. The van der Waals surface area contributed by atoms with Gasteiger partial charge in [0, 0.05) is 6.54 Å². The first kappa shape index (κ1) is 16.2. The quantitative estimate of drug-likeness (QED) is 0.854. The van der Waals surface area contributed by atoms with Gasteiger partial charge in [-0.25, -0.2) is 4.98 Å². The van der Waals surface area contributed by atoms with Crippen molar-refractivity contribution in [3.8, 4) is 0 Å². The van der Waals surface area contributed by atoms with Crippen molar-refractivity contribution < 1.29 is 14.7 Å². The van der Waals surface area contributed by atoms with E-state index in [-0.39, 0.29) is 18.6 Å². The normalized spacial score (nSPS) is 15.7. The highest BCUT2D eigenvalue weighted by atomic mass is 16.4. The maximum Gasteiger partial charge on any atom is 0.311 e. The minimum atomic E-state index is -0.880. The Bertz CT molecular complexity index is 868. The second-order valence-electron chi connectivity index (χ2n) is 6.36. The average Bonchev–Trinajstić information content (AvgIpc) is 2.49. The summed E-state index contributed by atoms with van der Waals surface area (Å²) >= 11 is 0. The van der Waals surface area contributed by atoms with Gasteiger partial charge in [0.15, 0.2) is 0 Å². The van der Waals surface area contributed by atoms with Crippen LogP contribution < -0.4 is 10.9 Å². The predicted molar refractivity (Wildman–Crippen MR) is 87.7 cm³/mol. The molecule has 1 aliphatic carbocycles. The van der Waals surface area contributed by atoms with E-state index in [2.05, 4.69) is 10.3 Å². The Morgan fingerprint density at radius 3 is 2.75 bits per heavy atom. The molecule has 1 heterocycles. The highest BCUT2D eigenvalue weighted by Gasteiger charge is 2.44. The van der Waals surface area contributed by atoms with E-state index in [1.54, 1.807) is 12.1 Å². The molecule has 2 N–H and O–H groups in total. The van der Waals surface area contributed by atoms with Gasteiger partial charge in [-0.2, -0.15) is 0 Å². The molecule has 1 saturated carbocycles.